The molecule has 0 amide bonds. The number of unbranched alkanes of at least 4 members (excludes halogenated alkanes) is 1. The summed E-state index contributed by atoms with van der Waals surface area (Å²) >= 11 is 0. The maximum Gasteiger partial charge on any atom is 0.472 e. The van der Waals surface area contributed by atoms with Crippen molar-refractivity contribution in [2.45, 2.75) is 58.2 Å². The molecule has 0 aliphatic carbocycles. The van der Waals surface area contributed by atoms with E-state index in [0.29, 0.717) is 12.8 Å². The number of hydrogen-bond acceptors (Lipinski definition) is 9. The molecule has 0 aliphatic rings. The van der Waals surface area contributed by atoms with Crippen molar-refractivity contribution in [1.82, 2.24) is 0 Å². The summed E-state index contributed by atoms with van der Waals surface area (Å²) in [6.45, 7) is 1.57. The molecule has 0 aromatic rings. The molecule has 0 aromatic heterocycles. The van der Waals surface area contributed by atoms with Crippen molar-refractivity contribution >= 4 is 19.8 Å². The molecule has 154 valence electrons. The van der Waals surface area contributed by atoms with Gasteiger partial charge in [-0.15, -0.1) is 0 Å². The second-order valence-corrected chi connectivity index (χ2v) is 7.00. The van der Waals surface area contributed by atoms with Crippen molar-refractivity contribution in [1.29, 1.82) is 0 Å². The smallest absolute Gasteiger partial charge is 0.462 e. The van der Waals surface area contributed by atoms with E-state index < -0.39 is 51.8 Å². The third-order valence-electron chi connectivity index (χ3n) is 2.98. The summed E-state index contributed by atoms with van der Waals surface area (Å²) in [6.07, 6.45) is -0.0755. The fourth-order valence-corrected chi connectivity index (χ4v) is 2.38. The summed E-state index contributed by atoms with van der Waals surface area (Å²) in [5, 5.41) is 17.7. The number of rotatable bonds is 15. The summed E-state index contributed by atoms with van der Waals surface area (Å²) in [7, 11) is -4.54. The molecule has 3 N–H and O–H groups in total. The van der Waals surface area contributed by atoms with E-state index in [2.05, 4.69) is 4.52 Å². The zero-order chi connectivity index (χ0) is 20.0. The molecule has 0 bridgehead atoms. The van der Waals surface area contributed by atoms with Gasteiger partial charge in [-0.2, -0.15) is 0 Å². The van der Waals surface area contributed by atoms with Crippen molar-refractivity contribution in [3.63, 3.8) is 0 Å². The molecule has 3 unspecified atom stereocenters. The first-order valence-corrected chi connectivity index (χ1v) is 9.99. The zero-order valence-electron chi connectivity index (χ0n) is 15.2. The number of phosphoric acid groups is 1. The molecular formula is C15H29O10P. The van der Waals surface area contributed by atoms with E-state index >= 15 is 0 Å². The number of phosphoric ester groups is 1. The van der Waals surface area contributed by atoms with Crippen LogP contribution >= 0.6 is 7.82 Å². The summed E-state index contributed by atoms with van der Waals surface area (Å²) in [5.74, 6) is -1.03. The van der Waals surface area contributed by atoms with E-state index in [9.17, 15) is 19.0 Å². The van der Waals surface area contributed by atoms with Crippen LogP contribution in [0.25, 0.3) is 0 Å². The maximum absolute atomic E-state index is 11.7. The molecule has 0 aliphatic heterocycles. The summed E-state index contributed by atoms with van der Waals surface area (Å²) < 4.78 is 31.0. The van der Waals surface area contributed by atoms with Crippen molar-refractivity contribution in [2.75, 3.05) is 26.4 Å². The molecule has 0 aromatic carbocycles. The van der Waals surface area contributed by atoms with E-state index in [4.69, 9.17) is 24.2 Å². The van der Waals surface area contributed by atoms with Gasteiger partial charge in [-0.3, -0.25) is 18.6 Å². The van der Waals surface area contributed by atoms with Crippen LogP contribution in [-0.2, 0) is 32.7 Å². The number of carbonyl (C=O) groups excluding carboxylic acids is 2. The molecule has 11 heteroatoms. The van der Waals surface area contributed by atoms with Crippen LogP contribution in [0.3, 0.4) is 0 Å². The minimum absolute atomic E-state index is 0.159. The summed E-state index contributed by atoms with van der Waals surface area (Å²) in [4.78, 5) is 32.7. The maximum atomic E-state index is 11.7. The number of ether oxygens (including phenoxy) is 2. The Morgan fingerprint density at radius 2 is 1.65 bits per heavy atom. The third kappa shape index (κ3) is 13.2. The minimum atomic E-state index is -4.54. The van der Waals surface area contributed by atoms with Crippen LogP contribution < -0.4 is 0 Å². The van der Waals surface area contributed by atoms with Crippen molar-refractivity contribution in [2.24, 2.45) is 0 Å². The number of carbonyl (C=O) groups is 2. The Balaban J connectivity index is 4.59. The molecule has 0 rings (SSSR count). The van der Waals surface area contributed by atoms with Gasteiger partial charge in [0.15, 0.2) is 6.10 Å². The number of hydrogen-bond donors (Lipinski definition) is 3. The average Bonchev–Trinajstić information content (AvgIpc) is 2.60. The average molecular weight is 400 g/mol. The van der Waals surface area contributed by atoms with Gasteiger partial charge >= 0.3 is 19.8 Å². The van der Waals surface area contributed by atoms with Crippen LogP contribution in [-0.4, -0.2) is 65.7 Å². The van der Waals surface area contributed by atoms with E-state index in [1.54, 1.807) is 6.92 Å². The Labute approximate surface area is 153 Å². The molecule has 0 radical (unpaired) electrons. The molecule has 0 fully saturated rings. The summed E-state index contributed by atoms with van der Waals surface area (Å²) in [6, 6.07) is 0. The lowest BCUT2D eigenvalue weighted by Crippen LogP contribution is -2.29. The predicted octanol–water partition coefficient (Wildman–Crippen LogP) is 0.918. The Bertz CT molecular complexity index is 456. The molecule has 3 atom stereocenters. The van der Waals surface area contributed by atoms with Crippen LogP contribution in [0.5, 0.6) is 0 Å². The minimum Gasteiger partial charge on any atom is -0.462 e. The Morgan fingerprint density at radius 3 is 2.23 bits per heavy atom. The molecule has 0 saturated carbocycles. The van der Waals surface area contributed by atoms with Gasteiger partial charge in [0, 0.05) is 12.8 Å². The first-order chi connectivity index (χ1) is 12.2. The molecule has 0 spiro atoms. The van der Waals surface area contributed by atoms with Crippen LogP contribution in [0.15, 0.2) is 0 Å². The normalized spacial score (nSPS) is 15.7. The van der Waals surface area contributed by atoms with Gasteiger partial charge in [0.1, 0.15) is 12.7 Å². The number of esters is 2. The first kappa shape index (κ1) is 25.0. The molecule has 0 saturated heterocycles. The van der Waals surface area contributed by atoms with Gasteiger partial charge in [0.25, 0.3) is 0 Å². The topological polar surface area (TPSA) is 149 Å². The van der Waals surface area contributed by atoms with Gasteiger partial charge in [-0.25, -0.2) is 4.57 Å². The van der Waals surface area contributed by atoms with Gasteiger partial charge < -0.3 is 24.6 Å². The second-order valence-electron chi connectivity index (χ2n) is 5.54. The van der Waals surface area contributed by atoms with Gasteiger partial charge in [0.05, 0.1) is 19.8 Å². The molecule has 26 heavy (non-hydrogen) atoms. The lowest BCUT2D eigenvalue weighted by molar-refractivity contribution is -0.161. The van der Waals surface area contributed by atoms with Crippen LogP contribution in [0.2, 0.25) is 0 Å². The van der Waals surface area contributed by atoms with Gasteiger partial charge in [0.2, 0.25) is 0 Å². The van der Waals surface area contributed by atoms with E-state index in [-0.39, 0.29) is 19.4 Å². The Kier molecular flexibility index (Phi) is 13.5. The summed E-state index contributed by atoms with van der Waals surface area (Å²) in [5.41, 5.74) is 0. The number of aliphatic hydroxyl groups is 2. The lowest BCUT2D eigenvalue weighted by Gasteiger charge is -2.20. The second kappa shape index (κ2) is 14.1. The SMILES string of the molecule is CCCCC(=O)OC(COC(=O)CCC)COP(=O)(O)OCC(O)CO. The highest BCUT2D eigenvalue weighted by Crippen LogP contribution is 2.43. The Morgan fingerprint density at radius 1 is 1.00 bits per heavy atom. The molecule has 0 heterocycles. The monoisotopic (exact) mass is 400 g/mol. The van der Waals surface area contributed by atoms with Crippen molar-refractivity contribution in [3.05, 3.63) is 0 Å². The van der Waals surface area contributed by atoms with Gasteiger partial charge in [-0.05, 0) is 12.8 Å². The molecule has 10 nitrogen and oxygen atoms in total. The molecular weight excluding hydrogens is 371 g/mol. The quantitative estimate of drug-likeness (QED) is 0.267. The van der Waals surface area contributed by atoms with E-state index in [0.717, 1.165) is 6.42 Å². The zero-order valence-corrected chi connectivity index (χ0v) is 16.1. The van der Waals surface area contributed by atoms with Crippen molar-refractivity contribution in [3.8, 4) is 0 Å². The van der Waals surface area contributed by atoms with Gasteiger partial charge in [-0.1, -0.05) is 20.3 Å². The standard InChI is InChI=1S/C15H29O10P/c1-3-5-7-15(19)25-13(10-22-14(18)6-4-2)11-24-26(20,21)23-9-12(17)8-16/h12-13,16-17H,3-11H2,1-2H3,(H,20,21). The fraction of sp³-hybridized carbons (Fsp3) is 0.867. The lowest BCUT2D eigenvalue weighted by atomic mass is 10.2. The fourth-order valence-electron chi connectivity index (χ4n) is 1.59. The van der Waals surface area contributed by atoms with Crippen LogP contribution in [0, 0.1) is 0 Å². The van der Waals surface area contributed by atoms with E-state index in [1.807, 2.05) is 6.92 Å². The van der Waals surface area contributed by atoms with Crippen LogP contribution in [0.4, 0.5) is 0 Å². The van der Waals surface area contributed by atoms with Crippen LogP contribution in [0.1, 0.15) is 46.0 Å². The highest BCUT2D eigenvalue weighted by Gasteiger charge is 2.26. The van der Waals surface area contributed by atoms with E-state index in [1.165, 1.54) is 0 Å². The number of aliphatic hydroxyl groups excluding tert-OH is 2. The highest BCUT2D eigenvalue weighted by molar-refractivity contribution is 7.47. The van der Waals surface area contributed by atoms with Crippen molar-refractivity contribution < 1.29 is 47.8 Å². The highest BCUT2D eigenvalue weighted by atomic mass is 31.2. The first-order valence-electron chi connectivity index (χ1n) is 8.49. The third-order valence-corrected chi connectivity index (χ3v) is 3.93. The Hall–Kier alpha value is -1.03. The predicted molar refractivity (Wildman–Crippen MR) is 90.1 cm³/mol. The largest absolute Gasteiger partial charge is 0.472 e.